The van der Waals surface area contributed by atoms with E-state index in [2.05, 4.69) is 4.99 Å². The van der Waals surface area contributed by atoms with Gasteiger partial charge in [-0.15, -0.1) is 0 Å². The number of aliphatic imine (C=N–C) groups is 1. The molecule has 2 rings (SSSR count). The van der Waals surface area contributed by atoms with Crippen molar-refractivity contribution in [3.8, 4) is 0 Å². The Labute approximate surface area is 116 Å². The molecule has 0 aliphatic carbocycles. The maximum absolute atomic E-state index is 10.00. The van der Waals surface area contributed by atoms with Gasteiger partial charge in [0.2, 0.25) is 0 Å². The van der Waals surface area contributed by atoms with E-state index in [4.69, 9.17) is 5.73 Å². The number of aliphatic hydroxyl groups excluding tert-OH is 4. The van der Waals surface area contributed by atoms with Gasteiger partial charge in [-0.05, 0) is 19.4 Å². The van der Waals surface area contributed by atoms with Gasteiger partial charge < -0.3 is 31.1 Å². The maximum Gasteiger partial charge on any atom is 0.161 e. The molecule has 0 aromatic carbocycles. The molecule has 2 saturated heterocycles. The highest BCUT2D eigenvalue weighted by atomic mass is 32.2. The first-order chi connectivity index (χ1) is 9.07. The zero-order valence-electron chi connectivity index (χ0n) is 10.6. The van der Waals surface area contributed by atoms with Gasteiger partial charge in [-0.2, -0.15) is 0 Å². The first-order valence-electron chi connectivity index (χ1n) is 6.46. The van der Waals surface area contributed by atoms with E-state index in [1.54, 1.807) is 0 Å². The number of piperidine rings is 1. The Morgan fingerprint density at radius 2 is 1.89 bits per heavy atom. The molecule has 0 unspecified atom stereocenters. The Morgan fingerprint density at radius 1 is 1.16 bits per heavy atom. The van der Waals surface area contributed by atoms with Crippen molar-refractivity contribution in [3.63, 3.8) is 0 Å². The SMILES string of the molecule is NCCCCN=C1SC[C@@H]2[C@@H](O)[C@H](O)[C@@H](O)[C@@H](O)N12. The molecule has 19 heavy (non-hydrogen) atoms. The lowest BCUT2D eigenvalue weighted by Crippen LogP contribution is -2.65. The largest absolute Gasteiger partial charge is 0.388 e. The van der Waals surface area contributed by atoms with Crippen LogP contribution in [0.1, 0.15) is 12.8 Å². The zero-order valence-corrected chi connectivity index (χ0v) is 11.4. The Balaban J connectivity index is 2.06. The Morgan fingerprint density at radius 3 is 2.58 bits per heavy atom. The van der Waals surface area contributed by atoms with Crippen molar-refractivity contribution in [1.82, 2.24) is 4.90 Å². The fraction of sp³-hybridized carbons (Fsp3) is 0.909. The van der Waals surface area contributed by atoms with Crippen LogP contribution < -0.4 is 5.73 Å². The topological polar surface area (TPSA) is 123 Å². The highest BCUT2D eigenvalue weighted by molar-refractivity contribution is 8.14. The van der Waals surface area contributed by atoms with Gasteiger partial charge in [-0.3, -0.25) is 4.99 Å². The lowest BCUT2D eigenvalue weighted by Gasteiger charge is -2.44. The molecule has 0 spiro atoms. The van der Waals surface area contributed by atoms with E-state index in [1.165, 1.54) is 16.7 Å². The molecule has 7 nitrogen and oxygen atoms in total. The van der Waals surface area contributed by atoms with Crippen LogP contribution in [0.15, 0.2) is 4.99 Å². The quantitative estimate of drug-likeness (QED) is 0.376. The average Bonchev–Trinajstić information content (AvgIpc) is 2.83. The number of amidine groups is 1. The van der Waals surface area contributed by atoms with Crippen molar-refractivity contribution >= 4 is 16.9 Å². The van der Waals surface area contributed by atoms with Gasteiger partial charge in [0.05, 0.1) is 6.04 Å². The summed E-state index contributed by atoms with van der Waals surface area (Å²) in [4.78, 5) is 5.88. The molecular weight excluding hydrogens is 270 g/mol. The summed E-state index contributed by atoms with van der Waals surface area (Å²) in [7, 11) is 0. The molecule has 6 N–H and O–H groups in total. The number of nitrogens with two attached hydrogens (primary N) is 1. The van der Waals surface area contributed by atoms with E-state index in [0.29, 0.717) is 24.0 Å². The normalized spacial score (nSPS) is 40.8. The fourth-order valence-electron chi connectivity index (χ4n) is 2.36. The fourth-order valence-corrected chi connectivity index (χ4v) is 3.61. The summed E-state index contributed by atoms with van der Waals surface area (Å²) in [5.74, 6) is 0.539. The minimum absolute atomic E-state index is 0.411. The first-order valence-corrected chi connectivity index (χ1v) is 7.44. The van der Waals surface area contributed by atoms with Gasteiger partial charge >= 0.3 is 0 Å². The Bertz CT molecular complexity index is 344. The van der Waals surface area contributed by atoms with Crippen LogP contribution in [0.5, 0.6) is 0 Å². The summed E-state index contributed by atoms with van der Waals surface area (Å²) in [6.45, 7) is 1.22. The molecule has 0 radical (unpaired) electrons. The van der Waals surface area contributed by atoms with Gasteiger partial charge in [0.1, 0.15) is 18.3 Å². The van der Waals surface area contributed by atoms with E-state index < -0.39 is 30.6 Å². The van der Waals surface area contributed by atoms with Crippen molar-refractivity contribution in [2.24, 2.45) is 10.7 Å². The van der Waals surface area contributed by atoms with Crippen molar-refractivity contribution in [2.45, 2.75) is 43.4 Å². The molecule has 0 amide bonds. The highest BCUT2D eigenvalue weighted by Crippen LogP contribution is 2.34. The number of hydrogen-bond donors (Lipinski definition) is 5. The summed E-state index contributed by atoms with van der Waals surface area (Å²) in [5.41, 5.74) is 5.40. The van der Waals surface area contributed by atoms with E-state index in [9.17, 15) is 20.4 Å². The van der Waals surface area contributed by atoms with Gasteiger partial charge in [0.15, 0.2) is 11.4 Å². The third-order valence-electron chi connectivity index (χ3n) is 3.51. The van der Waals surface area contributed by atoms with Crippen LogP contribution in [0, 0.1) is 0 Å². The lowest BCUT2D eigenvalue weighted by atomic mass is 9.94. The van der Waals surface area contributed by atoms with E-state index in [-0.39, 0.29) is 0 Å². The smallest absolute Gasteiger partial charge is 0.161 e. The van der Waals surface area contributed by atoms with Crippen molar-refractivity contribution in [1.29, 1.82) is 0 Å². The predicted molar refractivity (Wildman–Crippen MR) is 72.7 cm³/mol. The third-order valence-corrected chi connectivity index (χ3v) is 4.61. The third kappa shape index (κ3) is 2.88. The van der Waals surface area contributed by atoms with E-state index in [1.807, 2.05) is 0 Å². The van der Waals surface area contributed by atoms with Crippen molar-refractivity contribution in [2.75, 3.05) is 18.8 Å². The number of aliphatic hydroxyl groups is 4. The van der Waals surface area contributed by atoms with Crippen molar-refractivity contribution in [3.05, 3.63) is 0 Å². The predicted octanol–water partition coefficient (Wildman–Crippen LogP) is -2.09. The molecule has 2 fully saturated rings. The number of unbranched alkanes of at least 4 members (excludes halogenated alkanes) is 1. The minimum Gasteiger partial charge on any atom is -0.388 e. The van der Waals surface area contributed by atoms with E-state index >= 15 is 0 Å². The van der Waals surface area contributed by atoms with Gasteiger partial charge in [-0.1, -0.05) is 11.8 Å². The number of nitrogens with zero attached hydrogens (tertiary/aromatic N) is 2. The molecule has 110 valence electrons. The molecule has 8 heteroatoms. The number of thioether (sulfide) groups is 1. The summed E-state index contributed by atoms with van der Waals surface area (Å²) in [5, 5.41) is 39.9. The molecule has 2 aliphatic heterocycles. The number of fused-ring (bicyclic) bond motifs is 1. The monoisotopic (exact) mass is 291 g/mol. The van der Waals surface area contributed by atoms with Gasteiger partial charge in [0, 0.05) is 12.3 Å². The summed E-state index contributed by atoms with van der Waals surface area (Å²) < 4.78 is 0. The summed E-state index contributed by atoms with van der Waals surface area (Å²) in [6.07, 6.45) is -3.28. The molecule has 2 aliphatic rings. The lowest BCUT2D eigenvalue weighted by molar-refractivity contribution is -0.190. The molecule has 5 atom stereocenters. The second kappa shape index (κ2) is 6.38. The van der Waals surface area contributed by atoms with Crippen LogP contribution in [0.4, 0.5) is 0 Å². The molecule has 0 aromatic heterocycles. The van der Waals surface area contributed by atoms with Crippen LogP contribution in [0.25, 0.3) is 0 Å². The number of rotatable bonds is 4. The number of hydrogen-bond acceptors (Lipinski definition) is 7. The maximum atomic E-state index is 10.00. The Kier molecular flexibility index (Phi) is 5.04. The van der Waals surface area contributed by atoms with Crippen LogP contribution in [0.2, 0.25) is 0 Å². The van der Waals surface area contributed by atoms with Crippen LogP contribution in [0.3, 0.4) is 0 Å². The molecule has 0 bridgehead atoms. The Hall–Kier alpha value is -0.380. The van der Waals surface area contributed by atoms with Crippen LogP contribution in [-0.2, 0) is 0 Å². The average molecular weight is 291 g/mol. The van der Waals surface area contributed by atoms with Crippen LogP contribution in [-0.4, -0.2) is 79.9 Å². The summed E-state index contributed by atoms with van der Waals surface area (Å²) in [6, 6.07) is -0.411. The van der Waals surface area contributed by atoms with Crippen LogP contribution >= 0.6 is 11.8 Å². The zero-order chi connectivity index (χ0) is 14.0. The highest BCUT2D eigenvalue weighted by Gasteiger charge is 2.51. The summed E-state index contributed by atoms with van der Waals surface area (Å²) >= 11 is 1.42. The molecule has 2 heterocycles. The second-order valence-electron chi connectivity index (χ2n) is 4.83. The molecular formula is C11H21N3O4S. The first kappa shape index (κ1) is 15.0. The van der Waals surface area contributed by atoms with Crippen molar-refractivity contribution < 1.29 is 20.4 Å². The minimum atomic E-state index is -1.39. The van der Waals surface area contributed by atoms with Gasteiger partial charge in [-0.25, -0.2) is 0 Å². The molecule has 0 saturated carbocycles. The van der Waals surface area contributed by atoms with Gasteiger partial charge in [0.25, 0.3) is 0 Å². The van der Waals surface area contributed by atoms with E-state index in [0.717, 1.165) is 12.8 Å². The second-order valence-corrected chi connectivity index (χ2v) is 5.82. The standard InChI is InChI=1S/C11H21N3O4S/c12-3-1-2-4-13-11-14-6(5-19-11)7(15)8(16)9(17)10(14)18/h6-10,15-18H,1-5,12H2/t6-,7-,8+,9-,10-/m1/s1. The molecule has 0 aromatic rings.